The van der Waals surface area contributed by atoms with Crippen LogP contribution in [0.25, 0.3) is 0 Å². The third-order valence-electron chi connectivity index (χ3n) is 4.18. The lowest BCUT2D eigenvalue weighted by Gasteiger charge is -2.24. The quantitative estimate of drug-likeness (QED) is 0.787. The average molecular weight is 409 g/mol. The van der Waals surface area contributed by atoms with Crippen LogP contribution in [-0.2, 0) is 11.8 Å². The van der Waals surface area contributed by atoms with Crippen LogP contribution in [0.2, 0.25) is 0 Å². The molecule has 0 bridgehead atoms. The van der Waals surface area contributed by atoms with Crippen molar-refractivity contribution in [3.63, 3.8) is 0 Å². The standard InChI is InChI=1S/C17H20IN3O/c1-20-10-4-8-15(20)16-9-5-11-21(16)12-17(22)19-14-7-3-2-6-13(14)18/h2-4,6-8,10,16H,5,9,11-12H2,1H3,(H,19,22)/t16-/m1/s1. The largest absolute Gasteiger partial charge is 0.353 e. The van der Waals surface area contributed by atoms with Gasteiger partial charge in [0.15, 0.2) is 0 Å². The molecule has 0 aliphatic carbocycles. The molecule has 1 aromatic carbocycles. The Labute approximate surface area is 144 Å². The van der Waals surface area contributed by atoms with Gasteiger partial charge in [-0.25, -0.2) is 0 Å². The third-order valence-corrected chi connectivity index (χ3v) is 5.12. The van der Waals surface area contributed by atoms with Crippen molar-refractivity contribution < 1.29 is 4.79 Å². The first-order valence-electron chi connectivity index (χ1n) is 7.55. The summed E-state index contributed by atoms with van der Waals surface area (Å²) in [6, 6.07) is 12.4. The summed E-state index contributed by atoms with van der Waals surface area (Å²) in [4.78, 5) is 14.6. The molecule has 22 heavy (non-hydrogen) atoms. The molecule has 0 radical (unpaired) electrons. The number of likely N-dealkylation sites (tertiary alicyclic amines) is 1. The summed E-state index contributed by atoms with van der Waals surface area (Å²) >= 11 is 2.24. The molecule has 4 nitrogen and oxygen atoms in total. The summed E-state index contributed by atoms with van der Waals surface area (Å²) in [7, 11) is 2.07. The van der Waals surface area contributed by atoms with Crippen molar-refractivity contribution in [2.45, 2.75) is 18.9 Å². The minimum atomic E-state index is 0.0604. The van der Waals surface area contributed by atoms with E-state index < -0.39 is 0 Å². The summed E-state index contributed by atoms with van der Waals surface area (Å²) in [6.45, 7) is 1.43. The Morgan fingerprint density at radius 1 is 1.32 bits per heavy atom. The van der Waals surface area contributed by atoms with E-state index in [0.29, 0.717) is 12.6 Å². The van der Waals surface area contributed by atoms with E-state index in [0.717, 1.165) is 28.6 Å². The molecule has 2 aromatic rings. The number of aryl methyl sites for hydroxylation is 1. The number of anilines is 1. The van der Waals surface area contributed by atoms with Gasteiger partial charge in [-0.1, -0.05) is 12.1 Å². The van der Waals surface area contributed by atoms with Crippen molar-refractivity contribution in [1.29, 1.82) is 0 Å². The Bertz CT molecular complexity index is 667. The van der Waals surface area contributed by atoms with E-state index in [1.807, 2.05) is 24.3 Å². The molecule has 0 spiro atoms. The zero-order chi connectivity index (χ0) is 15.5. The smallest absolute Gasteiger partial charge is 0.238 e. The zero-order valence-electron chi connectivity index (χ0n) is 12.6. The first-order chi connectivity index (χ1) is 10.6. The molecular formula is C17H20IN3O. The highest BCUT2D eigenvalue weighted by Crippen LogP contribution is 2.31. The highest BCUT2D eigenvalue weighted by molar-refractivity contribution is 14.1. The lowest BCUT2D eigenvalue weighted by Crippen LogP contribution is -2.33. The van der Waals surface area contributed by atoms with Crippen LogP contribution >= 0.6 is 22.6 Å². The fourth-order valence-electron chi connectivity index (χ4n) is 3.11. The van der Waals surface area contributed by atoms with E-state index in [-0.39, 0.29) is 5.91 Å². The van der Waals surface area contributed by atoms with Gasteiger partial charge in [0, 0.05) is 22.5 Å². The van der Waals surface area contributed by atoms with E-state index in [9.17, 15) is 4.79 Å². The van der Waals surface area contributed by atoms with Crippen LogP contribution in [0.1, 0.15) is 24.6 Å². The number of hydrogen-bond donors (Lipinski definition) is 1. The van der Waals surface area contributed by atoms with Gasteiger partial charge in [-0.05, 0) is 66.2 Å². The van der Waals surface area contributed by atoms with Crippen LogP contribution in [0, 0.1) is 3.57 Å². The molecule has 2 heterocycles. The Morgan fingerprint density at radius 3 is 2.86 bits per heavy atom. The van der Waals surface area contributed by atoms with Crippen LogP contribution in [0.15, 0.2) is 42.6 Å². The number of halogens is 1. The zero-order valence-corrected chi connectivity index (χ0v) is 14.8. The van der Waals surface area contributed by atoms with E-state index in [2.05, 4.69) is 62.8 Å². The van der Waals surface area contributed by atoms with Crippen molar-refractivity contribution in [1.82, 2.24) is 9.47 Å². The van der Waals surface area contributed by atoms with E-state index in [4.69, 9.17) is 0 Å². The van der Waals surface area contributed by atoms with Gasteiger partial charge in [0.2, 0.25) is 5.91 Å². The molecule has 1 amide bonds. The van der Waals surface area contributed by atoms with Crippen LogP contribution < -0.4 is 5.32 Å². The van der Waals surface area contributed by atoms with Gasteiger partial charge in [-0.2, -0.15) is 0 Å². The van der Waals surface area contributed by atoms with E-state index in [1.165, 1.54) is 5.69 Å². The molecule has 116 valence electrons. The lowest BCUT2D eigenvalue weighted by atomic mass is 10.1. The molecular weight excluding hydrogens is 389 g/mol. The van der Waals surface area contributed by atoms with E-state index >= 15 is 0 Å². The Hall–Kier alpha value is -1.34. The number of aromatic nitrogens is 1. The monoisotopic (exact) mass is 409 g/mol. The number of amides is 1. The Balaban J connectivity index is 1.66. The predicted molar refractivity (Wildman–Crippen MR) is 96.7 cm³/mol. The molecule has 3 rings (SSSR count). The van der Waals surface area contributed by atoms with Gasteiger partial charge >= 0.3 is 0 Å². The van der Waals surface area contributed by atoms with Gasteiger partial charge in [0.05, 0.1) is 18.3 Å². The minimum Gasteiger partial charge on any atom is -0.353 e. The number of para-hydroxylation sites is 1. The maximum Gasteiger partial charge on any atom is 0.238 e. The molecule has 1 aliphatic rings. The van der Waals surface area contributed by atoms with Gasteiger partial charge in [-0.15, -0.1) is 0 Å². The number of benzene rings is 1. The highest BCUT2D eigenvalue weighted by Gasteiger charge is 2.28. The summed E-state index contributed by atoms with van der Waals surface area (Å²) in [5.74, 6) is 0.0604. The van der Waals surface area contributed by atoms with Crippen molar-refractivity contribution in [2.24, 2.45) is 7.05 Å². The summed E-state index contributed by atoms with van der Waals surface area (Å²) in [5.41, 5.74) is 2.18. The molecule has 1 aromatic heterocycles. The van der Waals surface area contributed by atoms with Gasteiger partial charge in [-0.3, -0.25) is 9.69 Å². The molecule has 5 heteroatoms. The summed E-state index contributed by atoms with van der Waals surface area (Å²) in [5, 5.41) is 3.02. The second kappa shape index (κ2) is 6.83. The molecule has 0 saturated carbocycles. The number of nitrogens with zero attached hydrogens (tertiary/aromatic N) is 2. The first kappa shape index (κ1) is 15.6. The van der Waals surface area contributed by atoms with Crippen molar-refractivity contribution in [3.8, 4) is 0 Å². The molecule has 1 N–H and O–H groups in total. The summed E-state index contributed by atoms with van der Waals surface area (Å²) in [6.07, 6.45) is 4.33. The average Bonchev–Trinajstić information content (AvgIpc) is 3.10. The van der Waals surface area contributed by atoms with E-state index in [1.54, 1.807) is 0 Å². The number of nitrogens with one attached hydrogen (secondary N) is 1. The third kappa shape index (κ3) is 3.35. The molecule has 0 unspecified atom stereocenters. The molecule has 1 saturated heterocycles. The van der Waals surface area contributed by atoms with Crippen molar-refractivity contribution in [3.05, 3.63) is 51.9 Å². The summed E-state index contributed by atoms with van der Waals surface area (Å²) < 4.78 is 3.22. The maximum atomic E-state index is 12.4. The SMILES string of the molecule is Cn1cccc1[C@H]1CCCN1CC(=O)Nc1ccccc1I. The number of carbonyl (C=O) groups excluding carboxylic acids is 1. The Morgan fingerprint density at radius 2 is 2.14 bits per heavy atom. The van der Waals surface area contributed by atoms with Crippen molar-refractivity contribution in [2.75, 3.05) is 18.4 Å². The Kier molecular flexibility index (Phi) is 4.83. The van der Waals surface area contributed by atoms with Crippen LogP contribution in [0.5, 0.6) is 0 Å². The maximum absolute atomic E-state index is 12.4. The molecule has 1 atom stereocenters. The number of carbonyl (C=O) groups is 1. The number of hydrogen-bond acceptors (Lipinski definition) is 2. The highest BCUT2D eigenvalue weighted by atomic mass is 127. The van der Waals surface area contributed by atoms with Crippen molar-refractivity contribution >= 4 is 34.2 Å². The predicted octanol–water partition coefficient (Wildman–Crippen LogP) is 3.41. The topological polar surface area (TPSA) is 37.3 Å². The first-order valence-corrected chi connectivity index (χ1v) is 8.62. The minimum absolute atomic E-state index is 0.0604. The normalized spacial score (nSPS) is 18.5. The van der Waals surface area contributed by atoms with Crippen LogP contribution in [0.4, 0.5) is 5.69 Å². The van der Waals surface area contributed by atoms with Crippen LogP contribution in [-0.4, -0.2) is 28.5 Å². The van der Waals surface area contributed by atoms with Gasteiger partial charge in [0.1, 0.15) is 0 Å². The lowest BCUT2D eigenvalue weighted by molar-refractivity contribution is -0.117. The second-order valence-corrected chi connectivity index (χ2v) is 6.86. The second-order valence-electron chi connectivity index (χ2n) is 5.70. The fraction of sp³-hybridized carbons (Fsp3) is 0.353. The van der Waals surface area contributed by atoms with Gasteiger partial charge in [0.25, 0.3) is 0 Å². The molecule has 1 fully saturated rings. The van der Waals surface area contributed by atoms with Gasteiger partial charge < -0.3 is 9.88 Å². The number of rotatable bonds is 4. The molecule has 1 aliphatic heterocycles. The fourth-order valence-corrected chi connectivity index (χ4v) is 3.63. The van der Waals surface area contributed by atoms with Crippen LogP contribution in [0.3, 0.4) is 0 Å².